The molecule has 0 aliphatic heterocycles. The third-order valence-corrected chi connectivity index (χ3v) is 4.81. The SMILES string of the molecule is CCOC(=O)COc1ccc(CC[NH2+]CC(O)c2ccc3c(c2)oc(=O)n3C)cc1.[Cl-]. The third-order valence-electron chi connectivity index (χ3n) is 4.81. The number of carbonyl (C=O) groups excluding carboxylic acids is 1. The van der Waals surface area contributed by atoms with Gasteiger partial charge in [0.25, 0.3) is 0 Å². The van der Waals surface area contributed by atoms with Crippen molar-refractivity contribution in [3.63, 3.8) is 0 Å². The number of aliphatic hydroxyl groups excluding tert-OH is 1. The lowest BCUT2D eigenvalue weighted by Crippen LogP contribution is -3.00. The molecule has 0 spiro atoms. The lowest BCUT2D eigenvalue weighted by atomic mass is 10.1. The first-order valence-electron chi connectivity index (χ1n) is 9.94. The number of oxazole rings is 1. The van der Waals surface area contributed by atoms with E-state index in [4.69, 9.17) is 13.9 Å². The van der Waals surface area contributed by atoms with E-state index in [1.807, 2.05) is 35.6 Å². The zero-order valence-electron chi connectivity index (χ0n) is 17.5. The van der Waals surface area contributed by atoms with E-state index in [1.165, 1.54) is 4.57 Å². The Labute approximate surface area is 186 Å². The molecule has 168 valence electrons. The molecule has 9 heteroatoms. The van der Waals surface area contributed by atoms with Crippen molar-refractivity contribution in [2.45, 2.75) is 19.4 Å². The van der Waals surface area contributed by atoms with Crippen LogP contribution in [-0.4, -0.2) is 41.9 Å². The predicted octanol–water partition coefficient (Wildman–Crippen LogP) is -2.08. The van der Waals surface area contributed by atoms with Gasteiger partial charge in [-0.2, -0.15) is 0 Å². The number of fused-ring (bicyclic) bond motifs is 1. The Bertz CT molecular complexity index is 1040. The maximum atomic E-state index is 11.6. The van der Waals surface area contributed by atoms with E-state index in [1.54, 1.807) is 26.1 Å². The van der Waals surface area contributed by atoms with Gasteiger partial charge >= 0.3 is 11.7 Å². The van der Waals surface area contributed by atoms with Crippen LogP contribution in [0.4, 0.5) is 0 Å². The predicted molar refractivity (Wildman–Crippen MR) is 110 cm³/mol. The molecular weight excluding hydrogens is 424 g/mol. The van der Waals surface area contributed by atoms with Crippen molar-refractivity contribution in [1.82, 2.24) is 4.57 Å². The minimum absolute atomic E-state index is 0. The van der Waals surface area contributed by atoms with E-state index in [2.05, 4.69) is 0 Å². The Morgan fingerprint density at radius 2 is 1.97 bits per heavy atom. The van der Waals surface area contributed by atoms with Crippen molar-refractivity contribution in [2.75, 3.05) is 26.3 Å². The van der Waals surface area contributed by atoms with E-state index >= 15 is 0 Å². The number of hydrogen-bond acceptors (Lipinski definition) is 6. The van der Waals surface area contributed by atoms with E-state index in [-0.39, 0.29) is 25.0 Å². The summed E-state index contributed by atoms with van der Waals surface area (Å²) < 4.78 is 16.8. The quantitative estimate of drug-likeness (QED) is 0.271. The largest absolute Gasteiger partial charge is 1.00 e. The molecule has 0 amide bonds. The standard InChI is InChI=1S/C22H26N2O6.ClH/c1-3-28-21(26)14-29-17-7-4-15(5-8-17)10-11-23-13-19(25)16-6-9-18-20(12-16)30-22(27)24(18)2;/h4-9,12,19,23,25H,3,10-11,13-14H2,1-2H3;1H. The average molecular weight is 451 g/mol. The van der Waals surface area contributed by atoms with Crippen molar-refractivity contribution in [3.8, 4) is 5.75 Å². The van der Waals surface area contributed by atoms with Crippen LogP contribution in [0.25, 0.3) is 11.1 Å². The fourth-order valence-electron chi connectivity index (χ4n) is 3.14. The second kappa shape index (κ2) is 11.5. The van der Waals surface area contributed by atoms with Gasteiger partial charge in [-0.15, -0.1) is 0 Å². The van der Waals surface area contributed by atoms with Crippen LogP contribution in [-0.2, 0) is 23.0 Å². The summed E-state index contributed by atoms with van der Waals surface area (Å²) in [4.78, 5) is 22.9. The summed E-state index contributed by atoms with van der Waals surface area (Å²) in [7, 11) is 1.65. The molecule has 0 aliphatic rings. The zero-order chi connectivity index (χ0) is 21.5. The number of carbonyl (C=O) groups is 1. The summed E-state index contributed by atoms with van der Waals surface area (Å²) in [5.41, 5.74) is 3.03. The summed E-state index contributed by atoms with van der Waals surface area (Å²) >= 11 is 0. The van der Waals surface area contributed by atoms with E-state index in [0.29, 0.717) is 30.0 Å². The summed E-state index contributed by atoms with van der Waals surface area (Å²) in [6.07, 6.45) is 0.177. The highest BCUT2D eigenvalue weighted by atomic mass is 35.5. The number of ether oxygens (including phenoxy) is 2. The van der Waals surface area contributed by atoms with Crippen molar-refractivity contribution >= 4 is 17.1 Å². The highest BCUT2D eigenvalue weighted by molar-refractivity contribution is 5.73. The molecule has 1 atom stereocenters. The fourth-order valence-corrected chi connectivity index (χ4v) is 3.14. The number of esters is 1. The number of rotatable bonds is 10. The van der Waals surface area contributed by atoms with Crippen LogP contribution in [0.2, 0.25) is 0 Å². The van der Waals surface area contributed by atoms with Gasteiger partial charge in [0.2, 0.25) is 0 Å². The number of benzene rings is 2. The summed E-state index contributed by atoms with van der Waals surface area (Å²) in [6.45, 7) is 3.30. The minimum atomic E-state index is -0.654. The van der Waals surface area contributed by atoms with Crippen molar-refractivity contribution in [3.05, 3.63) is 64.1 Å². The van der Waals surface area contributed by atoms with Crippen molar-refractivity contribution in [2.24, 2.45) is 7.05 Å². The average Bonchev–Trinajstić information content (AvgIpc) is 3.03. The molecule has 3 aromatic rings. The number of aryl methyl sites for hydroxylation is 1. The molecule has 2 aromatic carbocycles. The molecule has 1 aromatic heterocycles. The number of halogens is 1. The van der Waals surface area contributed by atoms with E-state index < -0.39 is 11.9 Å². The molecule has 8 nitrogen and oxygen atoms in total. The maximum Gasteiger partial charge on any atom is 0.419 e. The second-order valence-corrected chi connectivity index (χ2v) is 6.97. The Kier molecular flexibility index (Phi) is 9.11. The highest BCUT2D eigenvalue weighted by Crippen LogP contribution is 2.18. The Hall–Kier alpha value is -2.81. The van der Waals surface area contributed by atoms with Crippen LogP contribution in [0.3, 0.4) is 0 Å². The monoisotopic (exact) mass is 450 g/mol. The molecule has 3 rings (SSSR count). The summed E-state index contributed by atoms with van der Waals surface area (Å²) in [6, 6.07) is 12.9. The second-order valence-electron chi connectivity index (χ2n) is 6.97. The molecule has 1 heterocycles. The van der Waals surface area contributed by atoms with Gasteiger partial charge in [0.1, 0.15) is 18.4 Å². The number of aliphatic hydroxyl groups is 1. The van der Waals surface area contributed by atoms with E-state index in [0.717, 1.165) is 24.1 Å². The Balaban J connectivity index is 0.00000341. The lowest BCUT2D eigenvalue weighted by Gasteiger charge is -2.10. The number of aromatic nitrogens is 1. The number of quaternary nitrogens is 1. The molecule has 0 saturated heterocycles. The van der Waals surface area contributed by atoms with Crippen LogP contribution in [0, 0.1) is 0 Å². The molecular formula is C22H27ClN2O6. The van der Waals surface area contributed by atoms with Gasteiger partial charge < -0.3 is 36.7 Å². The van der Waals surface area contributed by atoms with Gasteiger partial charge in [-0.25, -0.2) is 9.59 Å². The van der Waals surface area contributed by atoms with Gasteiger partial charge in [-0.05, 0) is 42.3 Å². The lowest BCUT2D eigenvalue weighted by molar-refractivity contribution is -0.661. The molecule has 3 N–H and O–H groups in total. The van der Waals surface area contributed by atoms with Crippen LogP contribution in [0.15, 0.2) is 51.7 Å². The minimum Gasteiger partial charge on any atom is -1.00 e. The van der Waals surface area contributed by atoms with Gasteiger partial charge in [0.15, 0.2) is 12.2 Å². The summed E-state index contributed by atoms with van der Waals surface area (Å²) in [5.74, 6) is -0.182. The first kappa shape index (κ1) is 24.5. The number of hydrogen-bond donors (Lipinski definition) is 2. The van der Waals surface area contributed by atoms with Gasteiger partial charge in [0.05, 0.1) is 18.7 Å². The number of nitrogens with zero attached hydrogens (tertiary/aromatic N) is 1. The van der Waals surface area contributed by atoms with Crippen molar-refractivity contribution < 1.29 is 41.5 Å². The zero-order valence-corrected chi connectivity index (χ0v) is 18.3. The first-order valence-corrected chi connectivity index (χ1v) is 9.94. The normalized spacial score (nSPS) is 11.7. The van der Waals surface area contributed by atoms with E-state index in [9.17, 15) is 14.7 Å². The van der Waals surface area contributed by atoms with Gasteiger partial charge in [-0.3, -0.25) is 4.57 Å². The van der Waals surface area contributed by atoms with Gasteiger partial charge in [0, 0.05) is 13.5 Å². The molecule has 0 fully saturated rings. The Morgan fingerprint density at radius 1 is 1.23 bits per heavy atom. The van der Waals surface area contributed by atoms with Crippen molar-refractivity contribution in [1.29, 1.82) is 0 Å². The van der Waals surface area contributed by atoms with Crippen LogP contribution in [0.1, 0.15) is 24.2 Å². The molecule has 1 unspecified atom stereocenters. The first-order chi connectivity index (χ1) is 14.5. The maximum absolute atomic E-state index is 11.6. The molecule has 0 bridgehead atoms. The highest BCUT2D eigenvalue weighted by Gasteiger charge is 2.13. The van der Waals surface area contributed by atoms with Gasteiger partial charge in [-0.1, -0.05) is 18.2 Å². The number of nitrogens with two attached hydrogens (primary N) is 1. The molecule has 31 heavy (non-hydrogen) atoms. The topological polar surface area (TPSA) is 108 Å². The molecule has 0 radical (unpaired) electrons. The summed E-state index contributed by atoms with van der Waals surface area (Å²) in [5, 5.41) is 12.5. The molecule has 0 aliphatic carbocycles. The van der Waals surface area contributed by atoms with Crippen LogP contribution < -0.4 is 28.2 Å². The fraction of sp³-hybridized carbons (Fsp3) is 0.364. The van der Waals surface area contributed by atoms with Crippen LogP contribution in [0.5, 0.6) is 5.75 Å². The third kappa shape index (κ3) is 6.58. The molecule has 0 saturated carbocycles. The van der Waals surface area contributed by atoms with Crippen LogP contribution >= 0.6 is 0 Å². The smallest absolute Gasteiger partial charge is 0.419 e. The Morgan fingerprint density at radius 3 is 2.68 bits per heavy atom.